The van der Waals surface area contributed by atoms with E-state index in [1.54, 1.807) is 44.9 Å². The van der Waals surface area contributed by atoms with Crippen LogP contribution in [0.2, 0.25) is 0 Å². The maximum absolute atomic E-state index is 12.5. The van der Waals surface area contributed by atoms with Crippen molar-refractivity contribution in [3.05, 3.63) is 36.2 Å². The largest absolute Gasteiger partial charge is 0.465 e. The number of anilines is 3. The number of fused-ring (bicyclic) bond motifs is 3. The van der Waals surface area contributed by atoms with Crippen LogP contribution >= 0.6 is 0 Å². The molecule has 1 unspecified atom stereocenters. The molecule has 11 nitrogen and oxygen atoms in total. The number of ether oxygens (including phenoxy) is 1. The van der Waals surface area contributed by atoms with Crippen LogP contribution in [0.1, 0.15) is 52.1 Å². The molecule has 2 saturated heterocycles. The summed E-state index contributed by atoms with van der Waals surface area (Å²) in [5.74, 6) is 1.67. The zero-order valence-corrected chi connectivity index (χ0v) is 20.9. The molecule has 11 heteroatoms. The van der Waals surface area contributed by atoms with Crippen molar-refractivity contribution in [1.82, 2.24) is 24.6 Å². The van der Waals surface area contributed by atoms with Gasteiger partial charge in [-0.25, -0.2) is 14.6 Å². The van der Waals surface area contributed by atoms with Crippen molar-refractivity contribution in [1.29, 1.82) is 0 Å². The monoisotopic (exact) mass is 493 g/mol. The number of rotatable bonds is 4. The van der Waals surface area contributed by atoms with E-state index in [1.807, 2.05) is 18.2 Å². The molecule has 2 aliphatic heterocycles. The van der Waals surface area contributed by atoms with Crippen molar-refractivity contribution in [3.8, 4) is 0 Å². The molecule has 190 valence electrons. The zero-order valence-electron chi connectivity index (χ0n) is 20.9. The van der Waals surface area contributed by atoms with E-state index in [0.29, 0.717) is 23.1 Å². The first-order chi connectivity index (χ1) is 17.1. The van der Waals surface area contributed by atoms with Gasteiger partial charge in [0.1, 0.15) is 17.2 Å². The van der Waals surface area contributed by atoms with E-state index in [-0.39, 0.29) is 18.1 Å². The summed E-state index contributed by atoms with van der Waals surface area (Å²) in [6.45, 7) is 7.20. The number of amides is 1. The average molecular weight is 494 g/mol. The number of carbonyl (C=O) groups excluding carboxylic acids is 1. The van der Waals surface area contributed by atoms with Crippen molar-refractivity contribution in [2.24, 2.45) is 0 Å². The Labute approximate surface area is 208 Å². The highest BCUT2D eigenvalue weighted by Gasteiger charge is 2.43. The van der Waals surface area contributed by atoms with Gasteiger partial charge in [-0.1, -0.05) is 0 Å². The Balaban J connectivity index is 1.39. The van der Waals surface area contributed by atoms with Crippen molar-refractivity contribution in [3.63, 3.8) is 0 Å². The molecule has 3 N–H and O–H groups in total. The Morgan fingerprint density at radius 2 is 1.86 bits per heavy atom. The number of nitrogens with one attached hydrogen (secondary N) is 2. The predicted molar refractivity (Wildman–Crippen MR) is 135 cm³/mol. The van der Waals surface area contributed by atoms with Gasteiger partial charge in [0.2, 0.25) is 0 Å². The third kappa shape index (κ3) is 4.77. The fourth-order valence-electron chi connectivity index (χ4n) is 5.21. The number of hydrogen-bond acceptors (Lipinski definition) is 8. The fraction of sp³-hybridized carbons (Fsp3) is 0.480. The van der Waals surface area contributed by atoms with Gasteiger partial charge in [-0.05, 0) is 65.5 Å². The summed E-state index contributed by atoms with van der Waals surface area (Å²) in [6, 6.07) is 7.58. The maximum Gasteiger partial charge on any atom is 0.435 e. The van der Waals surface area contributed by atoms with Gasteiger partial charge in [-0.3, -0.25) is 4.98 Å². The summed E-state index contributed by atoms with van der Waals surface area (Å²) in [6.07, 6.45) is 3.61. The minimum Gasteiger partial charge on any atom is -0.465 e. The van der Waals surface area contributed by atoms with Gasteiger partial charge < -0.3 is 25.4 Å². The molecule has 5 heterocycles. The Morgan fingerprint density at radius 1 is 1.14 bits per heavy atom. The third-order valence-electron chi connectivity index (χ3n) is 6.60. The van der Waals surface area contributed by atoms with Crippen molar-refractivity contribution < 1.29 is 19.4 Å². The minimum atomic E-state index is -0.832. The van der Waals surface area contributed by atoms with Crippen molar-refractivity contribution >= 4 is 40.5 Å². The van der Waals surface area contributed by atoms with E-state index < -0.39 is 17.8 Å². The van der Waals surface area contributed by atoms with Crippen LogP contribution in [0.3, 0.4) is 0 Å². The quantitative estimate of drug-likeness (QED) is 0.471. The van der Waals surface area contributed by atoms with Crippen LogP contribution in [0.15, 0.2) is 30.5 Å². The normalized spacial score (nSPS) is 21.4. The standard InChI is InChI=1S/C25H31N7O4/c1-14-10-21(30-32(14)24(35)36-25(2,3)4)28-20-13-19-18(6-5-9-26-19)22(29-20)27-15-11-16-7-8-17(12-15)31(16)23(33)34/h5-6,9-10,13,15-17H,7-8,11-12H2,1-4H3,(H,33,34)(H2,27,28,29,30)/t15?,16-,17+. The number of aromatic nitrogens is 4. The van der Waals surface area contributed by atoms with E-state index >= 15 is 0 Å². The number of hydrogen-bond donors (Lipinski definition) is 3. The molecule has 0 aromatic carbocycles. The summed E-state index contributed by atoms with van der Waals surface area (Å²) >= 11 is 0. The zero-order chi connectivity index (χ0) is 25.6. The third-order valence-corrected chi connectivity index (χ3v) is 6.60. The maximum atomic E-state index is 12.5. The Bertz CT molecular complexity index is 1300. The van der Waals surface area contributed by atoms with Crippen LogP contribution in [-0.2, 0) is 4.74 Å². The first-order valence-corrected chi connectivity index (χ1v) is 12.2. The molecule has 3 aromatic heterocycles. The van der Waals surface area contributed by atoms with Crippen LogP contribution in [0.25, 0.3) is 10.9 Å². The fourth-order valence-corrected chi connectivity index (χ4v) is 5.21. The number of nitrogens with zero attached hydrogens (tertiary/aromatic N) is 5. The number of carboxylic acid groups (broad SMARTS) is 1. The molecular formula is C25H31N7O4. The number of pyridine rings is 2. The number of aryl methyl sites for hydroxylation is 1. The van der Waals surface area contributed by atoms with E-state index in [0.717, 1.165) is 36.6 Å². The summed E-state index contributed by atoms with van der Waals surface area (Å²) in [5.41, 5.74) is 0.756. The van der Waals surface area contributed by atoms with Crippen LogP contribution < -0.4 is 10.6 Å². The topological polar surface area (TPSA) is 134 Å². The van der Waals surface area contributed by atoms with Crippen LogP contribution in [0, 0.1) is 6.92 Å². The van der Waals surface area contributed by atoms with E-state index in [4.69, 9.17) is 9.72 Å². The lowest BCUT2D eigenvalue weighted by Crippen LogP contribution is -2.49. The molecule has 1 amide bonds. The summed E-state index contributed by atoms with van der Waals surface area (Å²) in [5, 5.41) is 21.5. The summed E-state index contributed by atoms with van der Waals surface area (Å²) in [7, 11) is 0. The molecule has 0 saturated carbocycles. The summed E-state index contributed by atoms with van der Waals surface area (Å²) in [4.78, 5) is 35.1. The van der Waals surface area contributed by atoms with Gasteiger partial charge in [0.05, 0.1) is 5.52 Å². The number of carbonyl (C=O) groups is 2. The lowest BCUT2D eigenvalue weighted by atomic mass is 9.97. The first-order valence-electron chi connectivity index (χ1n) is 12.2. The van der Waals surface area contributed by atoms with Crippen LogP contribution in [0.5, 0.6) is 0 Å². The van der Waals surface area contributed by atoms with E-state index in [1.165, 1.54) is 4.68 Å². The predicted octanol–water partition coefficient (Wildman–Crippen LogP) is 4.75. The molecule has 2 aliphatic rings. The SMILES string of the molecule is Cc1cc(Nc2cc3ncccc3c(NC3C[C@H]4CC[C@@H](C3)N4C(=O)O)n2)nn1C(=O)OC(C)(C)C. The summed E-state index contributed by atoms with van der Waals surface area (Å²) < 4.78 is 6.65. The van der Waals surface area contributed by atoms with Crippen LogP contribution in [-0.4, -0.2) is 65.7 Å². The second-order valence-corrected chi connectivity index (χ2v) is 10.5. The Morgan fingerprint density at radius 3 is 2.53 bits per heavy atom. The smallest absolute Gasteiger partial charge is 0.435 e. The molecule has 3 atom stereocenters. The lowest BCUT2D eigenvalue weighted by Gasteiger charge is -2.37. The van der Waals surface area contributed by atoms with Gasteiger partial charge in [0.25, 0.3) is 0 Å². The molecule has 36 heavy (non-hydrogen) atoms. The van der Waals surface area contributed by atoms with E-state index in [2.05, 4.69) is 20.7 Å². The first kappa shape index (κ1) is 23.8. The molecule has 2 bridgehead atoms. The van der Waals surface area contributed by atoms with Gasteiger partial charge in [-0.15, -0.1) is 5.10 Å². The lowest BCUT2D eigenvalue weighted by molar-refractivity contribution is 0.0511. The Kier molecular flexibility index (Phi) is 5.93. The molecule has 2 fully saturated rings. The molecule has 3 aromatic rings. The minimum absolute atomic E-state index is 0.0317. The second kappa shape index (κ2) is 8.96. The molecule has 0 radical (unpaired) electrons. The molecule has 0 spiro atoms. The van der Waals surface area contributed by atoms with Crippen molar-refractivity contribution in [2.75, 3.05) is 10.6 Å². The average Bonchev–Trinajstić information content (AvgIpc) is 3.29. The van der Waals surface area contributed by atoms with Gasteiger partial charge in [0, 0.05) is 47.5 Å². The van der Waals surface area contributed by atoms with Gasteiger partial charge >= 0.3 is 12.2 Å². The highest BCUT2D eigenvalue weighted by atomic mass is 16.6. The number of piperidine rings is 1. The highest BCUT2D eigenvalue weighted by molar-refractivity contribution is 5.91. The second-order valence-electron chi connectivity index (χ2n) is 10.5. The van der Waals surface area contributed by atoms with Crippen molar-refractivity contribution in [2.45, 2.75) is 77.1 Å². The van der Waals surface area contributed by atoms with Gasteiger partial charge in [0.15, 0.2) is 5.82 Å². The Hall–Kier alpha value is -3.89. The highest BCUT2D eigenvalue weighted by Crippen LogP contribution is 2.37. The molecular weight excluding hydrogens is 462 g/mol. The van der Waals surface area contributed by atoms with E-state index in [9.17, 15) is 14.7 Å². The van der Waals surface area contributed by atoms with Crippen LogP contribution in [0.4, 0.5) is 27.0 Å². The molecule has 5 rings (SSSR count). The molecule has 0 aliphatic carbocycles. The van der Waals surface area contributed by atoms with Gasteiger partial charge in [-0.2, -0.15) is 4.68 Å².